The smallest absolute Gasteiger partial charge is 0.253 e. The monoisotopic (exact) mass is 428 g/mol. The summed E-state index contributed by atoms with van der Waals surface area (Å²) in [7, 11) is 1.74. The molecule has 4 rings (SSSR count). The summed E-state index contributed by atoms with van der Waals surface area (Å²) in [6, 6.07) is 2.39. The Morgan fingerprint density at radius 2 is 2.19 bits per heavy atom. The van der Waals surface area contributed by atoms with Gasteiger partial charge in [-0.2, -0.15) is 0 Å². The molecule has 0 aromatic carbocycles. The number of methoxy groups -OCH3 is 1. The highest BCUT2D eigenvalue weighted by Gasteiger charge is 2.40. The summed E-state index contributed by atoms with van der Waals surface area (Å²) >= 11 is 0. The molecule has 2 fully saturated rings. The van der Waals surface area contributed by atoms with Crippen molar-refractivity contribution in [1.82, 2.24) is 19.8 Å². The van der Waals surface area contributed by atoms with Gasteiger partial charge in [0, 0.05) is 57.2 Å². The maximum Gasteiger partial charge on any atom is 0.253 e. The highest BCUT2D eigenvalue weighted by atomic mass is 16.5. The van der Waals surface area contributed by atoms with Crippen LogP contribution in [0.5, 0.6) is 0 Å². The van der Waals surface area contributed by atoms with Crippen LogP contribution in [0.15, 0.2) is 18.5 Å². The van der Waals surface area contributed by atoms with Crippen molar-refractivity contribution in [2.75, 3.05) is 33.4 Å². The van der Waals surface area contributed by atoms with E-state index in [1.807, 2.05) is 11.1 Å². The molecule has 2 aliphatic rings. The number of ether oxygens (including phenoxy) is 2. The van der Waals surface area contributed by atoms with E-state index >= 15 is 0 Å². The number of hydrogen-bond acceptors (Lipinski definition) is 5. The second-order valence-corrected chi connectivity index (χ2v) is 9.12. The Balaban J connectivity index is 1.63. The van der Waals surface area contributed by atoms with Gasteiger partial charge in [-0.1, -0.05) is 13.8 Å². The van der Waals surface area contributed by atoms with Crippen molar-refractivity contribution < 1.29 is 14.3 Å². The minimum absolute atomic E-state index is 0.0836. The number of carbonyl (C=O) groups is 1. The fourth-order valence-corrected chi connectivity index (χ4v) is 4.55. The number of fused-ring (bicyclic) bond motifs is 1. The number of morpholine rings is 1. The predicted molar refractivity (Wildman–Crippen MR) is 121 cm³/mol. The molecule has 7 nitrogen and oxygen atoms in total. The predicted octanol–water partition coefficient (Wildman–Crippen LogP) is 3.24. The van der Waals surface area contributed by atoms with Crippen molar-refractivity contribution in [3.05, 3.63) is 29.7 Å². The van der Waals surface area contributed by atoms with Gasteiger partial charge in [-0.15, -0.1) is 0 Å². The van der Waals surface area contributed by atoms with Crippen molar-refractivity contribution in [1.29, 1.82) is 0 Å². The summed E-state index contributed by atoms with van der Waals surface area (Å²) < 4.78 is 13.3. The van der Waals surface area contributed by atoms with Crippen LogP contribution < -0.4 is 5.32 Å². The minimum Gasteiger partial charge on any atom is -0.385 e. The average molecular weight is 429 g/mol. The number of hydrogen-bond donors (Lipinski definition) is 1. The van der Waals surface area contributed by atoms with E-state index in [9.17, 15) is 4.79 Å². The summed E-state index contributed by atoms with van der Waals surface area (Å²) in [6.45, 7) is 10.2. The Kier molecular flexibility index (Phi) is 6.94. The Morgan fingerprint density at radius 1 is 1.39 bits per heavy atom. The molecule has 1 saturated carbocycles. The molecular formula is C24H36N4O3. The summed E-state index contributed by atoms with van der Waals surface area (Å²) in [4.78, 5) is 20.2. The number of aryl methyl sites for hydroxylation is 1. The van der Waals surface area contributed by atoms with Gasteiger partial charge in [0.05, 0.1) is 23.9 Å². The average Bonchev–Trinajstić information content (AvgIpc) is 3.55. The van der Waals surface area contributed by atoms with E-state index in [-0.39, 0.29) is 11.9 Å². The van der Waals surface area contributed by atoms with Crippen molar-refractivity contribution in [2.24, 2.45) is 0 Å². The van der Waals surface area contributed by atoms with Crippen LogP contribution in [0, 0.1) is 0 Å². The number of pyridine rings is 1. The van der Waals surface area contributed by atoms with Crippen LogP contribution in [0.25, 0.3) is 10.9 Å². The van der Waals surface area contributed by atoms with Crippen LogP contribution in [-0.2, 0) is 20.8 Å². The Bertz CT molecular complexity index is 900. The fourth-order valence-electron chi connectivity index (χ4n) is 4.55. The normalized spacial score (nSPS) is 20.4. The third-order valence-corrected chi connectivity index (χ3v) is 6.43. The van der Waals surface area contributed by atoms with Crippen molar-refractivity contribution in [2.45, 2.75) is 70.7 Å². The van der Waals surface area contributed by atoms with Gasteiger partial charge in [0.1, 0.15) is 6.10 Å². The SMILES string of the molecule is COCCCn1cc(C(C)C)c2cnc([C@@H](C)N(C(=O)[C@H]3CNCCO3)C3CC3)cc21. The number of amides is 1. The van der Waals surface area contributed by atoms with Crippen molar-refractivity contribution >= 4 is 16.8 Å². The molecule has 7 heteroatoms. The molecule has 170 valence electrons. The van der Waals surface area contributed by atoms with E-state index in [1.165, 1.54) is 16.5 Å². The molecule has 1 aliphatic heterocycles. The molecule has 0 spiro atoms. The largest absolute Gasteiger partial charge is 0.385 e. The van der Waals surface area contributed by atoms with E-state index in [0.717, 1.165) is 44.7 Å². The molecule has 3 heterocycles. The molecule has 0 unspecified atom stereocenters. The van der Waals surface area contributed by atoms with Gasteiger partial charge in [0.15, 0.2) is 0 Å². The summed E-state index contributed by atoms with van der Waals surface area (Å²) in [5, 5.41) is 4.48. The number of aromatic nitrogens is 2. The van der Waals surface area contributed by atoms with Crippen LogP contribution >= 0.6 is 0 Å². The Hall–Kier alpha value is -1.96. The number of nitrogens with zero attached hydrogens (tertiary/aromatic N) is 3. The molecule has 2 aromatic rings. The third kappa shape index (κ3) is 4.78. The van der Waals surface area contributed by atoms with E-state index in [1.54, 1.807) is 7.11 Å². The van der Waals surface area contributed by atoms with Gasteiger partial charge in [-0.05, 0) is 43.7 Å². The third-order valence-electron chi connectivity index (χ3n) is 6.43. The molecule has 0 bridgehead atoms. The molecule has 1 aliphatic carbocycles. The van der Waals surface area contributed by atoms with Crippen LogP contribution in [0.1, 0.15) is 63.3 Å². The molecular weight excluding hydrogens is 392 g/mol. The van der Waals surface area contributed by atoms with Gasteiger partial charge in [0.25, 0.3) is 5.91 Å². The zero-order valence-corrected chi connectivity index (χ0v) is 19.3. The van der Waals surface area contributed by atoms with E-state index in [2.05, 4.69) is 42.9 Å². The number of rotatable bonds is 9. The molecule has 31 heavy (non-hydrogen) atoms. The first-order valence-electron chi connectivity index (χ1n) is 11.6. The van der Waals surface area contributed by atoms with Crippen LogP contribution in [0.4, 0.5) is 0 Å². The number of nitrogens with one attached hydrogen (secondary N) is 1. The first-order chi connectivity index (χ1) is 15.0. The van der Waals surface area contributed by atoms with Gasteiger partial charge in [-0.3, -0.25) is 9.78 Å². The van der Waals surface area contributed by atoms with Crippen molar-refractivity contribution in [3.63, 3.8) is 0 Å². The lowest BCUT2D eigenvalue weighted by Crippen LogP contribution is -2.50. The fraction of sp³-hybridized carbons (Fsp3) is 0.667. The second kappa shape index (κ2) is 9.67. The lowest BCUT2D eigenvalue weighted by molar-refractivity contribution is -0.148. The molecule has 2 atom stereocenters. The van der Waals surface area contributed by atoms with Gasteiger partial charge in [-0.25, -0.2) is 0 Å². The topological polar surface area (TPSA) is 68.6 Å². The molecule has 2 aromatic heterocycles. The van der Waals surface area contributed by atoms with Crippen molar-refractivity contribution in [3.8, 4) is 0 Å². The quantitative estimate of drug-likeness (QED) is 0.621. The zero-order chi connectivity index (χ0) is 22.0. The molecule has 1 amide bonds. The minimum atomic E-state index is -0.397. The van der Waals surface area contributed by atoms with E-state index in [4.69, 9.17) is 14.5 Å². The highest BCUT2D eigenvalue weighted by molar-refractivity contribution is 5.85. The lowest BCUT2D eigenvalue weighted by Gasteiger charge is -2.34. The standard InChI is InChI=1S/C24H36N4O3/c1-16(2)20-15-27(9-5-10-30-4)22-12-21(26-13-19(20)22)17(3)28(18-6-7-18)24(29)23-14-25-8-11-31-23/h12-13,15-18,23,25H,5-11,14H2,1-4H3/t17-,23-/m1/s1. The zero-order valence-electron chi connectivity index (χ0n) is 19.3. The first-order valence-corrected chi connectivity index (χ1v) is 11.6. The highest BCUT2D eigenvalue weighted by Crippen LogP contribution is 2.36. The van der Waals surface area contributed by atoms with Gasteiger partial charge in [0.2, 0.25) is 0 Å². The summed E-state index contributed by atoms with van der Waals surface area (Å²) in [5.41, 5.74) is 3.45. The van der Waals surface area contributed by atoms with Crippen LogP contribution in [0.3, 0.4) is 0 Å². The Labute approximate surface area is 185 Å². The Morgan fingerprint density at radius 3 is 2.84 bits per heavy atom. The molecule has 0 radical (unpaired) electrons. The van der Waals surface area contributed by atoms with Gasteiger partial charge < -0.3 is 24.3 Å². The van der Waals surface area contributed by atoms with Gasteiger partial charge >= 0.3 is 0 Å². The maximum atomic E-state index is 13.3. The summed E-state index contributed by atoms with van der Waals surface area (Å²) in [6.07, 6.45) is 6.94. The lowest BCUT2D eigenvalue weighted by atomic mass is 10.0. The van der Waals surface area contributed by atoms with E-state index < -0.39 is 6.10 Å². The van der Waals surface area contributed by atoms with E-state index in [0.29, 0.717) is 25.1 Å². The van der Waals surface area contributed by atoms with Crippen LogP contribution in [0.2, 0.25) is 0 Å². The number of carbonyl (C=O) groups excluding carboxylic acids is 1. The first kappa shape index (κ1) is 22.2. The summed E-state index contributed by atoms with van der Waals surface area (Å²) in [5.74, 6) is 0.513. The van der Waals surface area contributed by atoms with Crippen LogP contribution in [-0.4, -0.2) is 65.9 Å². The maximum absolute atomic E-state index is 13.3. The molecule has 1 N–H and O–H groups in total. The molecule has 1 saturated heterocycles. The second-order valence-electron chi connectivity index (χ2n) is 9.12.